The lowest BCUT2D eigenvalue weighted by atomic mass is 10.3. The summed E-state index contributed by atoms with van der Waals surface area (Å²) in [5, 5.41) is 8.14. The van der Waals surface area contributed by atoms with Gasteiger partial charge in [0, 0.05) is 5.75 Å². The molecule has 7 heteroatoms. The summed E-state index contributed by atoms with van der Waals surface area (Å²) in [5.41, 5.74) is 0. The summed E-state index contributed by atoms with van der Waals surface area (Å²) in [6.07, 6.45) is 0. The van der Waals surface area contributed by atoms with E-state index in [0.717, 1.165) is 20.2 Å². The van der Waals surface area contributed by atoms with Crippen LogP contribution in [0, 0.1) is 5.82 Å². The highest BCUT2D eigenvalue weighted by Gasteiger charge is 2.05. The first-order valence-corrected chi connectivity index (χ1v) is 8.54. The van der Waals surface area contributed by atoms with E-state index in [4.69, 9.17) is 4.74 Å². The summed E-state index contributed by atoms with van der Waals surface area (Å²) in [4.78, 5) is 0. The minimum absolute atomic E-state index is 0.294. The number of hydrogen-bond acceptors (Lipinski definition) is 6. The molecular formula is C12H13FN2OS3. The molecule has 0 spiro atoms. The van der Waals surface area contributed by atoms with Crippen LogP contribution in [0.3, 0.4) is 0 Å². The van der Waals surface area contributed by atoms with E-state index in [-0.39, 0.29) is 5.82 Å². The van der Waals surface area contributed by atoms with E-state index in [9.17, 15) is 4.39 Å². The van der Waals surface area contributed by atoms with E-state index in [1.807, 2.05) is 0 Å². The van der Waals surface area contributed by atoms with Crippen LogP contribution in [0.4, 0.5) is 4.39 Å². The minimum Gasteiger partial charge on any atom is -0.490 e. The van der Waals surface area contributed by atoms with Crippen LogP contribution in [0.5, 0.6) is 5.75 Å². The zero-order chi connectivity index (χ0) is 13.5. The lowest BCUT2D eigenvalue weighted by Crippen LogP contribution is -2.01. The number of para-hydroxylation sites is 1. The van der Waals surface area contributed by atoms with Crippen molar-refractivity contribution < 1.29 is 9.13 Å². The molecule has 0 fully saturated rings. The zero-order valence-electron chi connectivity index (χ0n) is 10.3. The molecule has 102 valence electrons. The first-order valence-electron chi connectivity index (χ1n) is 5.76. The minimum atomic E-state index is -0.329. The van der Waals surface area contributed by atoms with Crippen molar-refractivity contribution in [3.05, 3.63) is 30.1 Å². The Kier molecular flexibility index (Phi) is 5.93. The van der Waals surface area contributed by atoms with Crippen molar-refractivity contribution in [3.63, 3.8) is 0 Å². The molecule has 2 rings (SSSR count). The van der Waals surface area contributed by atoms with Crippen molar-refractivity contribution in [3.8, 4) is 5.75 Å². The average molecular weight is 316 g/mol. The van der Waals surface area contributed by atoms with Gasteiger partial charge >= 0.3 is 0 Å². The topological polar surface area (TPSA) is 35.0 Å². The van der Waals surface area contributed by atoms with Crippen molar-refractivity contribution in [2.75, 3.05) is 18.1 Å². The normalized spacial score (nSPS) is 10.6. The molecule has 0 aliphatic rings. The fraction of sp³-hybridized carbons (Fsp3) is 0.333. The predicted molar refractivity (Wildman–Crippen MR) is 78.9 cm³/mol. The molecule has 2 aromatic rings. The molecule has 0 amide bonds. The van der Waals surface area contributed by atoms with Crippen molar-refractivity contribution in [1.82, 2.24) is 10.2 Å². The maximum atomic E-state index is 13.3. The molecule has 0 radical (unpaired) electrons. The fourth-order valence-electron chi connectivity index (χ4n) is 1.28. The van der Waals surface area contributed by atoms with Gasteiger partial charge in [-0.15, -0.1) is 10.2 Å². The van der Waals surface area contributed by atoms with Gasteiger partial charge in [-0.05, 0) is 17.9 Å². The number of nitrogens with zero attached hydrogens (tertiary/aromatic N) is 2. The van der Waals surface area contributed by atoms with Gasteiger partial charge in [-0.3, -0.25) is 0 Å². The SMILES string of the molecule is CCSc1nnc(SCCOc2ccccc2F)s1. The Labute approximate surface area is 124 Å². The van der Waals surface area contributed by atoms with Crippen LogP contribution in [0.25, 0.3) is 0 Å². The predicted octanol–water partition coefficient (Wildman–Crippen LogP) is 3.96. The molecule has 0 saturated heterocycles. The maximum absolute atomic E-state index is 13.3. The monoisotopic (exact) mass is 316 g/mol. The number of benzene rings is 1. The molecule has 0 saturated carbocycles. The Balaban J connectivity index is 1.73. The zero-order valence-corrected chi connectivity index (χ0v) is 12.8. The van der Waals surface area contributed by atoms with E-state index in [2.05, 4.69) is 17.1 Å². The first-order chi connectivity index (χ1) is 9.29. The molecule has 19 heavy (non-hydrogen) atoms. The van der Waals surface area contributed by atoms with E-state index in [0.29, 0.717) is 12.4 Å². The van der Waals surface area contributed by atoms with Crippen LogP contribution in [-0.4, -0.2) is 28.3 Å². The lowest BCUT2D eigenvalue weighted by molar-refractivity contribution is 0.325. The lowest BCUT2D eigenvalue weighted by Gasteiger charge is -2.05. The molecule has 3 nitrogen and oxygen atoms in total. The van der Waals surface area contributed by atoms with Gasteiger partial charge in [0.05, 0.1) is 6.61 Å². The largest absolute Gasteiger partial charge is 0.490 e. The molecule has 0 aliphatic carbocycles. The van der Waals surface area contributed by atoms with Crippen LogP contribution in [0.2, 0.25) is 0 Å². The van der Waals surface area contributed by atoms with Gasteiger partial charge in [-0.1, -0.05) is 53.9 Å². The molecule has 1 aromatic carbocycles. The van der Waals surface area contributed by atoms with Crippen LogP contribution in [-0.2, 0) is 0 Å². The summed E-state index contributed by atoms with van der Waals surface area (Å²) in [6, 6.07) is 6.41. The van der Waals surface area contributed by atoms with Crippen molar-refractivity contribution in [1.29, 1.82) is 0 Å². The van der Waals surface area contributed by atoms with Gasteiger partial charge in [0.15, 0.2) is 20.2 Å². The van der Waals surface area contributed by atoms with E-state index in [1.165, 1.54) is 6.07 Å². The summed E-state index contributed by atoms with van der Waals surface area (Å²) in [7, 11) is 0. The molecule has 1 heterocycles. The quantitative estimate of drug-likeness (QED) is 0.570. The molecular weight excluding hydrogens is 303 g/mol. The van der Waals surface area contributed by atoms with E-state index in [1.54, 1.807) is 53.1 Å². The number of aromatic nitrogens is 2. The highest BCUT2D eigenvalue weighted by Crippen LogP contribution is 2.28. The molecule has 0 atom stereocenters. The smallest absolute Gasteiger partial charge is 0.175 e. The van der Waals surface area contributed by atoms with Crippen molar-refractivity contribution in [2.24, 2.45) is 0 Å². The van der Waals surface area contributed by atoms with Crippen LogP contribution in [0.15, 0.2) is 32.9 Å². The Morgan fingerprint density at radius 2 is 1.95 bits per heavy atom. The van der Waals surface area contributed by atoms with Gasteiger partial charge in [0.2, 0.25) is 0 Å². The second-order valence-electron chi connectivity index (χ2n) is 3.39. The van der Waals surface area contributed by atoms with Gasteiger partial charge in [-0.25, -0.2) is 4.39 Å². The second kappa shape index (κ2) is 7.72. The molecule has 0 N–H and O–H groups in total. The van der Waals surface area contributed by atoms with Crippen molar-refractivity contribution >= 4 is 34.9 Å². The summed E-state index contributed by atoms with van der Waals surface area (Å²) in [6.45, 7) is 2.53. The van der Waals surface area contributed by atoms with E-state index < -0.39 is 0 Å². The fourth-order valence-corrected chi connectivity index (χ4v) is 4.08. The molecule has 0 unspecified atom stereocenters. The third-order valence-electron chi connectivity index (χ3n) is 2.06. The average Bonchev–Trinajstić information content (AvgIpc) is 2.85. The van der Waals surface area contributed by atoms with Gasteiger partial charge in [0.25, 0.3) is 0 Å². The number of thioether (sulfide) groups is 2. The Hall–Kier alpha value is -0.790. The van der Waals surface area contributed by atoms with Gasteiger partial charge in [-0.2, -0.15) is 0 Å². The Bertz CT molecular complexity index is 521. The summed E-state index contributed by atoms with van der Waals surface area (Å²) >= 11 is 4.84. The highest BCUT2D eigenvalue weighted by molar-refractivity contribution is 8.03. The first kappa shape index (κ1) is 14.6. The molecule has 0 aliphatic heterocycles. The third-order valence-corrected chi connectivity index (χ3v) is 5.10. The summed E-state index contributed by atoms with van der Waals surface area (Å²) in [5.74, 6) is 1.68. The highest BCUT2D eigenvalue weighted by atomic mass is 32.2. The number of ether oxygens (including phenoxy) is 1. The van der Waals surface area contributed by atoms with Crippen LogP contribution < -0.4 is 4.74 Å². The number of halogens is 1. The number of rotatable bonds is 7. The van der Waals surface area contributed by atoms with Crippen LogP contribution in [0.1, 0.15) is 6.92 Å². The van der Waals surface area contributed by atoms with E-state index >= 15 is 0 Å². The summed E-state index contributed by atoms with van der Waals surface area (Å²) < 4.78 is 20.6. The number of hydrogen-bond donors (Lipinski definition) is 0. The molecule has 1 aromatic heterocycles. The van der Waals surface area contributed by atoms with Gasteiger partial charge < -0.3 is 4.74 Å². The standard InChI is InChI=1S/C12H13FN2OS3/c1-2-17-11-14-15-12(19-11)18-8-7-16-10-6-4-3-5-9(10)13/h3-6H,2,7-8H2,1H3. The molecule has 0 bridgehead atoms. The van der Waals surface area contributed by atoms with Crippen LogP contribution >= 0.6 is 34.9 Å². The second-order valence-corrected chi connectivity index (χ2v) is 7.22. The van der Waals surface area contributed by atoms with Gasteiger partial charge in [0.1, 0.15) is 0 Å². The third kappa shape index (κ3) is 4.67. The van der Waals surface area contributed by atoms with Crippen molar-refractivity contribution in [2.45, 2.75) is 15.6 Å². The Morgan fingerprint density at radius 1 is 1.21 bits per heavy atom. The maximum Gasteiger partial charge on any atom is 0.175 e. The Morgan fingerprint density at radius 3 is 2.68 bits per heavy atom.